The van der Waals surface area contributed by atoms with Crippen LogP contribution >= 0.6 is 11.8 Å². The Labute approximate surface area is 244 Å². The average Bonchev–Trinajstić information content (AvgIpc) is 3.30. The van der Waals surface area contributed by atoms with E-state index in [0.29, 0.717) is 30.8 Å². The summed E-state index contributed by atoms with van der Waals surface area (Å²) in [4.78, 5) is 46.1. The Morgan fingerprint density at radius 3 is 2.49 bits per heavy atom. The summed E-state index contributed by atoms with van der Waals surface area (Å²) in [5.41, 5.74) is 1.62. The molecule has 0 saturated carbocycles. The summed E-state index contributed by atoms with van der Waals surface area (Å²) in [6.45, 7) is 2.20. The van der Waals surface area contributed by atoms with Crippen molar-refractivity contribution in [2.24, 2.45) is 11.8 Å². The molecule has 214 valence electrons. The molecule has 9 heteroatoms. The molecule has 4 aliphatic heterocycles. The van der Waals surface area contributed by atoms with E-state index in [1.807, 2.05) is 73.7 Å². The molecule has 4 aliphatic rings. The van der Waals surface area contributed by atoms with Crippen molar-refractivity contribution in [1.29, 1.82) is 0 Å². The lowest BCUT2D eigenvalue weighted by Gasteiger charge is -2.40. The number of aliphatic hydroxyl groups excluding tert-OH is 1. The van der Waals surface area contributed by atoms with Gasteiger partial charge in [-0.05, 0) is 49.6 Å². The highest BCUT2D eigenvalue weighted by molar-refractivity contribution is 8.02. The van der Waals surface area contributed by atoms with E-state index in [2.05, 4.69) is 0 Å². The second-order valence-electron chi connectivity index (χ2n) is 11.2. The highest BCUT2D eigenvalue weighted by Crippen LogP contribution is 2.65. The summed E-state index contributed by atoms with van der Waals surface area (Å²) >= 11 is 1.50. The highest BCUT2D eigenvalue weighted by Gasteiger charge is 2.74. The first-order valence-corrected chi connectivity index (χ1v) is 14.8. The van der Waals surface area contributed by atoms with Crippen LogP contribution in [0.15, 0.2) is 78.9 Å². The number of nitrogens with zero attached hydrogens (tertiary/aromatic N) is 2. The van der Waals surface area contributed by atoms with Crippen LogP contribution in [0.25, 0.3) is 0 Å². The van der Waals surface area contributed by atoms with Crippen molar-refractivity contribution in [2.75, 3.05) is 31.8 Å². The van der Waals surface area contributed by atoms with Crippen molar-refractivity contribution in [3.63, 3.8) is 0 Å². The molecule has 1 N–H and O–H groups in total. The number of amides is 2. The second kappa shape index (κ2) is 10.7. The second-order valence-corrected chi connectivity index (χ2v) is 13.0. The van der Waals surface area contributed by atoms with Gasteiger partial charge in [-0.25, -0.2) is 0 Å². The zero-order valence-corrected chi connectivity index (χ0v) is 24.0. The van der Waals surface area contributed by atoms with E-state index in [1.54, 1.807) is 29.0 Å². The number of rotatable bonds is 6. The largest absolute Gasteiger partial charge is 0.497 e. The molecule has 0 aromatic heterocycles. The number of carbonyl (C=O) groups is 3. The van der Waals surface area contributed by atoms with Crippen LogP contribution in [0.1, 0.15) is 18.9 Å². The number of methoxy groups -OCH3 is 1. The van der Waals surface area contributed by atoms with Crippen LogP contribution in [0.5, 0.6) is 5.75 Å². The summed E-state index contributed by atoms with van der Waals surface area (Å²) in [6, 6.07) is 15.3. The van der Waals surface area contributed by atoms with Gasteiger partial charge in [-0.2, -0.15) is 0 Å². The van der Waals surface area contributed by atoms with Crippen molar-refractivity contribution < 1.29 is 29.0 Å². The van der Waals surface area contributed by atoms with E-state index in [9.17, 15) is 19.5 Å². The molecule has 2 saturated heterocycles. The Morgan fingerprint density at radius 1 is 1.02 bits per heavy atom. The van der Waals surface area contributed by atoms with E-state index >= 15 is 0 Å². The van der Waals surface area contributed by atoms with E-state index in [-0.39, 0.29) is 25.0 Å². The van der Waals surface area contributed by atoms with Crippen LogP contribution in [0.4, 0.5) is 5.69 Å². The standard InChI is InChI=1S/C32H34N2O6S/c1-31-15-6-7-18-40-30(38)26(31)25-28(36)34(23(20-35)19-21-9-4-3-5-10-21)27-29(37)33(17-8-16-32(25,27)41-31)22-11-13-24(39-2)14-12-22/h3-6,8-16,23,25-27,35H,7,17-20H2,1-2H3/t23-,25+,26+,27?,31-,32+/m1/s1. The van der Waals surface area contributed by atoms with Gasteiger partial charge in [-0.3, -0.25) is 14.4 Å². The van der Waals surface area contributed by atoms with Crippen LogP contribution < -0.4 is 9.64 Å². The molecule has 2 amide bonds. The number of hydrogen-bond acceptors (Lipinski definition) is 7. The number of esters is 1. The normalized spacial score (nSPS) is 31.5. The van der Waals surface area contributed by atoms with Crippen LogP contribution in [-0.2, 0) is 25.5 Å². The molecule has 2 fully saturated rings. The van der Waals surface area contributed by atoms with Gasteiger partial charge in [-0.1, -0.05) is 54.6 Å². The molecule has 8 nitrogen and oxygen atoms in total. The molecule has 1 unspecified atom stereocenters. The fraction of sp³-hybridized carbons (Fsp3) is 0.406. The van der Waals surface area contributed by atoms with Gasteiger partial charge in [0.2, 0.25) is 5.91 Å². The van der Waals surface area contributed by atoms with Gasteiger partial charge in [-0.15, -0.1) is 11.8 Å². The number of cyclic esters (lactones) is 1. The minimum absolute atomic E-state index is 0.245. The van der Waals surface area contributed by atoms with Gasteiger partial charge in [0.1, 0.15) is 11.8 Å². The fourth-order valence-electron chi connectivity index (χ4n) is 6.95. The van der Waals surface area contributed by atoms with Gasteiger partial charge >= 0.3 is 5.97 Å². The Hall–Kier alpha value is -3.56. The summed E-state index contributed by atoms with van der Waals surface area (Å²) in [5.74, 6) is -1.88. The topological polar surface area (TPSA) is 96.4 Å². The van der Waals surface area contributed by atoms with Crippen LogP contribution in [0, 0.1) is 11.8 Å². The van der Waals surface area contributed by atoms with Crippen molar-refractivity contribution in [1.82, 2.24) is 4.90 Å². The first kappa shape index (κ1) is 27.6. The van der Waals surface area contributed by atoms with Gasteiger partial charge in [0.15, 0.2) is 0 Å². The number of aliphatic hydroxyl groups is 1. The Balaban J connectivity index is 1.49. The molecule has 41 heavy (non-hydrogen) atoms. The number of carbonyl (C=O) groups excluding carboxylic acids is 3. The first-order chi connectivity index (χ1) is 19.8. The van der Waals surface area contributed by atoms with Gasteiger partial charge in [0, 0.05) is 17.0 Å². The summed E-state index contributed by atoms with van der Waals surface area (Å²) in [6.07, 6.45) is 8.89. The number of hydrogen-bond donors (Lipinski definition) is 1. The number of benzene rings is 2. The highest BCUT2D eigenvalue weighted by atomic mass is 32.2. The maximum absolute atomic E-state index is 14.7. The predicted octanol–water partition coefficient (Wildman–Crippen LogP) is 3.39. The molecule has 0 aliphatic carbocycles. The monoisotopic (exact) mass is 574 g/mol. The molecule has 6 rings (SSSR count). The molecule has 6 atom stereocenters. The van der Waals surface area contributed by atoms with Gasteiger partial charge in [0.25, 0.3) is 5.91 Å². The third-order valence-electron chi connectivity index (χ3n) is 8.76. The zero-order valence-electron chi connectivity index (χ0n) is 23.1. The third-order valence-corrected chi connectivity index (χ3v) is 10.6. The maximum Gasteiger partial charge on any atom is 0.311 e. The van der Waals surface area contributed by atoms with Gasteiger partial charge < -0.3 is 24.4 Å². The number of likely N-dealkylation sites (tertiary alicyclic amines) is 1. The molecule has 0 radical (unpaired) electrons. The van der Waals surface area contributed by atoms with Crippen molar-refractivity contribution in [3.8, 4) is 5.75 Å². The Kier molecular flexibility index (Phi) is 7.20. The van der Waals surface area contributed by atoms with Crippen LogP contribution in [0.3, 0.4) is 0 Å². The van der Waals surface area contributed by atoms with Crippen LogP contribution in [0.2, 0.25) is 0 Å². The van der Waals surface area contributed by atoms with Crippen LogP contribution in [-0.4, -0.2) is 76.2 Å². The maximum atomic E-state index is 14.7. The third kappa shape index (κ3) is 4.46. The number of ether oxygens (including phenoxy) is 2. The quantitative estimate of drug-likeness (QED) is 0.417. The molecular weight excluding hydrogens is 540 g/mol. The number of thioether (sulfide) groups is 1. The number of fused-ring (bicyclic) bond motifs is 2. The van der Waals surface area contributed by atoms with Gasteiger partial charge in [0.05, 0.1) is 42.9 Å². The van der Waals surface area contributed by atoms with Crippen molar-refractivity contribution >= 4 is 35.2 Å². The van der Waals surface area contributed by atoms with E-state index in [0.717, 1.165) is 5.56 Å². The van der Waals surface area contributed by atoms with E-state index in [1.165, 1.54) is 11.8 Å². The molecular formula is C32H34N2O6S. The lowest BCUT2D eigenvalue weighted by Crippen LogP contribution is -2.57. The van der Waals surface area contributed by atoms with E-state index < -0.39 is 39.4 Å². The van der Waals surface area contributed by atoms with E-state index in [4.69, 9.17) is 9.47 Å². The molecule has 2 aromatic rings. The van der Waals surface area contributed by atoms with Crippen molar-refractivity contribution in [2.45, 2.75) is 41.3 Å². The lowest BCUT2D eigenvalue weighted by atomic mass is 9.74. The zero-order chi connectivity index (χ0) is 28.8. The SMILES string of the molecule is COc1ccc(N2CC=C[C@]34S[C@]5(C)C=CCCOC(=O)[C@@H]5[C@H]3C(=O)N([C@@H](CO)Cc3ccccc3)C4C2=O)cc1. The minimum Gasteiger partial charge on any atom is -0.497 e. The smallest absolute Gasteiger partial charge is 0.311 e. The number of anilines is 1. The fourth-order valence-corrected chi connectivity index (χ4v) is 9.09. The summed E-state index contributed by atoms with van der Waals surface area (Å²) in [5, 5.41) is 10.7. The average molecular weight is 575 g/mol. The van der Waals surface area contributed by atoms with Crippen molar-refractivity contribution in [3.05, 3.63) is 84.5 Å². The molecule has 4 heterocycles. The molecule has 0 bridgehead atoms. The summed E-state index contributed by atoms with van der Waals surface area (Å²) in [7, 11) is 1.59. The summed E-state index contributed by atoms with van der Waals surface area (Å²) < 4.78 is 9.18. The predicted molar refractivity (Wildman–Crippen MR) is 157 cm³/mol. The lowest BCUT2D eigenvalue weighted by molar-refractivity contribution is -0.154. The Morgan fingerprint density at radius 2 is 1.78 bits per heavy atom. The first-order valence-electron chi connectivity index (χ1n) is 14.0. The molecule has 2 aromatic carbocycles. The minimum atomic E-state index is -1.02. The Bertz CT molecular complexity index is 1390. The molecule has 1 spiro atoms.